The van der Waals surface area contributed by atoms with Gasteiger partial charge in [-0.1, -0.05) is 0 Å². The molecule has 2 heterocycles. The van der Waals surface area contributed by atoms with Crippen LogP contribution < -0.4 is 5.32 Å². The number of nitrogens with zero attached hydrogens (tertiary/aromatic N) is 3. The van der Waals surface area contributed by atoms with E-state index in [-0.39, 0.29) is 29.2 Å². The predicted molar refractivity (Wildman–Crippen MR) is 108 cm³/mol. The summed E-state index contributed by atoms with van der Waals surface area (Å²) in [4.78, 5) is 25.2. The highest BCUT2D eigenvalue weighted by Gasteiger charge is 2.33. The molecule has 0 spiro atoms. The molecule has 1 aliphatic rings. The third kappa shape index (κ3) is 4.48. The normalized spacial score (nSPS) is 17.7. The minimum Gasteiger partial charge on any atom is -0.345 e. The van der Waals surface area contributed by atoms with Crippen LogP contribution in [0.25, 0.3) is 0 Å². The van der Waals surface area contributed by atoms with Crippen molar-refractivity contribution < 1.29 is 18.0 Å². The number of nitrogens with one attached hydrogen (secondary N) is 2. The second-order valence-corrected chi connectivity index (χ2v) is 9.24. The fourth-order valence-electron chi connectivity index (χ4n) is 3.48. The van der Waals surface area contributed by atoms with Crippen molar-refractivity contribution in [2.45, 2.75) is 30.6 Å². The lowest BCUT2D eigenvalue weighted by atomic mass is 9.93. The molecule has 0 saturated carbocycles. The zero-order valence-corrected chi connectivity index (χ0v) is 17.5. The number of piperidine rings is 1. The fourth-order valence-corrected chi connectivity index (χ4v) is 5.00. The monoisotopic (exact) mass is 419 g/mol. The van der Waals surface area contributed by atoms with Crippen molar-refractivity contribution in [3.8, 4) is 0 Å². The third-order valence-corrected chi connectivity index (χ3v) is 6.79. The maximum absolute atomic E-state index is 13.1. The zero-order chi connectivity index (χ0) is 21.2. The molecule has 2 aromatic rings. The molecule has 1 atom stereocenters. The van der Waals surface area contributed by atoms with Crippen molar-refractivity contribution in [2.75, 3.05) is 32.5 Å². The Labute approximate surface area is 170 Å². The van der Waals surface area contributed by atoms with Gasteiger partial charge in [0.05, 0.1) is 22.3 Å². The van der Waals surface area contributed by atoms with Gasteiger partial charge in [-0.2, -0.15) is 9.40 Å². The molecule has 2 amide bonds. The predicted octanol–water partition coefficient (Wildman–Crippen LogP) is 1.64. The third-order valence-electron chi connectivity index (χ3n) is 4.91. The van der Waals surface area contributed by atoms with Crippen molar-refractivity contribution in [2.24, 2.45) is 0 Å². The van der Waals surface area contributed by atoms with Crippen molar-refractivity contribution >= 4 is 27.5 Å². The van der Waals surface area contributed by atoms with E-state index in [2.05, 4.69) is 15.5 Å². The lowest BCUT2D eigenvalue weighted by molar-refractivity contribution is -0.114. The molecule has 1 aliphatic heterocycles. The Balaban J connectivity index is 1.81. The van der Waals surface area contributed by atoms with Crippen LogP contribution >= 0.6 is 0 Å². The molecular weight excluding hydrogens is 394 g/mol. The quantitative estimate of drug-likeness (QED) is 0.764. The SMILES string of the molecule is CC(=O)Nc1ccc(S(=O)(=O)N2CCC[C@H](c3[nH]ncc3C(=O)N(C)C)C2)cc1. The summed E-state index contributed by atoms with van der Waals surface area (Å²) in [5.74, 6) is -0.525. The van der Waals surface area contributed by atoms with Gasteiger partial charge in [-0.15, -0.1) is 0 Å². The number of benzene rings is 1. The van der Waals surface area contributed by atoms with Gasteiger partial charge in [-0.25, -0.2) is 8.42 Å². The summed E-state index contributed by atoms with van der Waals surface area (Å²) in [6, 6.07) is 6.11. The number of aromatic nitrogens is 2. The maximum Gasteiger partial charge on any atom is 0.256 e. The van der Waals surface area contributed by atoms with Gasteiger partial charge in [-0.05, 0) is 37.1 Å². The molecule has 1 saturated heterocycles. The van der Waals surface area contributed by atoms with Crippen LogP contribution in [0.5, 0.6) is 0 Å². The Morgan fingerprint density at radius 3 is 2.55 bits per heavy atom. The summed E-state index contributed by atoms with van der Waals surface area (Å²) in [6.45, 7) is 2.08. The van der Waals surface area contributed by atoms with E-state index in [4.69, 9.17) is 0 Å². The minimum atomic E-state index is -3.69. The lowest BCUT2D eigenvalue weighted by Crippen LogP contribution is -2.39. The van der Waals surface area contributed by atoms with Crippen LogP contribution in [0.1, 0.15) is 41.7 Å². The van der Waals surface area contributed by atoms with E-state index in [1.807, 2.05) is 0 Å². The average Bonchev–Trinajstić information content (AvgIpc) is 3.17. The first-order chi connectivity index (χ1) is 13.7. The number of hydrogen-bond donors (Lipinski definition) is 2. The highest BCUT2D eigenvalue weighted by atomic mass is 32.2. The highest BCUT2D eigenvalue weighted by Crippen LogP contribution is 2.31. The lowest BCUT2D eigenvalue weighted by Gasteiger charge is -2.32. The van der Waals surface area contributed by atoms with Crippen LogP contribution in [-0.2, 0) is 14.8 Å². The summed E-state index contributed by atoms with van der Waals surface area (Å²) >= 11 is 0. The number of aromatic amines is 1. The van der Waals surface area contributed by atoms with Crippen molar-refractivity contribution in [1.29, 1.82) is 0 Å². The number of carbonyl (C=O) groups excluding carboxylic acids is 2. The first kappa shape index (κ1) is 21.0. The Bertz CT molecular complexity index is 998. The van der Waals surface area contributed by atoms with Crippen LogP contribution in [-0.4, -0.2) is 66.8 Å². The second-order valence-electron chi connectivity index (χ2n) is 7.30. The summed E-state index contributed by atoms with van der Waals surface area (Å²) in [5, 5.41) is 9.51. The first-order valence-electron chi connectivity index (χ1n) is 9.33. The van der Waals surface area contributed by atoms with E-state index in [0.717, 1.165) is 6.42 Å². The van der Waals surface area contributed by atoms with Crippen molar-refractivity contribution in [1.82, 2.24) is 19.4 Å². The summed E-state index contributed by atoms with van der Waals surface area (Å²) in [6.07, 6.45) is 2.94. The second kappa shape index (κ2) is 8.34. The van der Waals surface area contributed by atoms with Gasteiger partial charge < -0.3 is 10.2 Å². The molecular formula is C19H25N5O4S. The van der Waals surface area contributed by atoms with Gasteiger partial charge in [0, 0.05) is 45.7 Å². The molecule has 1 aromatic carbocycles. The molecule has 9 nitrogen and oxygen atoms in total. The number of carbonyl (C=O) groups is 2. The maximum atomic E-state index is 13.1. The number of rotatable bonds is 5. The van der Waals surface area contributed by atoms with E-state index in [1.165, 1.54) is 34.5 Å². The molecule has 1 aromatic heterocycles. The molecule has 156 valence electrons. The molecule has 0 bridgehead atoms. The standard InChI is InChI=1S/C19H25N5O4S/c1-13(25)21-15-6-8-16(9-7-15)29(27,28)24-10-4-5-14(12-24)18-17(11-20-22-18)19(26)23(2)3/h6-9,11,14H,4-5,10,12H2,1-3H3,(H,20,22)(H,21,25)/t14-/m0/s1. The van der Waals surface area contributed by atoms with Gasteiger partial charge in [0.2, 0.25) is 15.9 Å². The number of amides is 2. The molecule has 0 radical (unpaired) electrons. The van der Waals surface area contributed by atoms with Gasteiger partial charge >= 0.3 is 0 Å². The minimum absolute atomic E-state index is 0.140. The van der Waals surface area contributed by atoms with Gasteiger partial charge in [0.15, 0.2) is 0 Å². The summed E-state index contributed by atoms with van der Waals surface area (Å²) in [7, 11) is -0.354. The van der Waals surface area contributed by atoms with Crippen LogP contribution in [0.3, 0.4) is 0 Å². The molecule has 0 unspecified atom stereocenters. The topological polar surface area (TPSA) is 115 Å². The number of H-pyrrole nitrogens is 1. The van der Waals surface area contributed by atoms with E-state index < -0.39 is 10.0 Å². The van der Waals surface area contributed by atoms with Crippen LogP contribution in [0.15, 0.2) is 35.4 Å². The van der Waals surface area contributed by atoms with Gasteiger partial charge in [0.1, 0.15) is 0 Å². The zero-order valence-electron chi connectivity index (χ0n) is 16.7. The molecule has 10 heteroatoms. The first-order valence-corrected chi connectivity index (χ1v) is 10.8. The van der Waals surface area contributed by atoms with Crippen LogP contribution in [0, 0.1) is 0 Å². The Morgan fingerprint density at radius 2 is 1.93 bits per heavy atom. The number of hydrogen-bond acceptors (Lipinski definition) is 5. The average molecular weight is 420 g/mol. The van der Waals surface area contributed by atoms with E-state index >= 15 is 0 Å². The van der Waals surface area contributed by atoms with Crippen LogP contribution in [0.2, 0.25) is 0 Å². The Morgan fingerprint density at radius 1 is 1.24 bits per heavy atom. The van der Waals surface area contributed by atoms with E-state index in [0.29, 0.717) is 29.9 Å². The summed E-state index contributed by atoms with van der Waals surface area (Å²) in [5.41, 5.74) is 1.68. The molecule has 29 heavy (non-hydrogen) atoms. The molecule has 3 rings (SSSR count). The van der Waals surface area contributed by atoms with E-state index in [9.17, 15) is 18.0 Å². The largest absolute Gasteiger partial charge is 0.345 e. The highest BCUT2D eigenvalue weighted by molar-refractivity contribution is 7.89. The smallest absolute Gasteiger partial charge is 0.256 e. The number of anilines is 1. The summed E-state index contributed by atoms with van der Waals surface area (Å²) < 4.78 is 27.6. The van der Waals surface area contributed by atoms with Gasteiger partial charge in [0.25, 0.3) is 5.91 Å². The van der Waals surface area contributed by atoms with Crippen LogP contribution in [0.4, 0.5) is 5.69 Å². The Kier molecular flexibility index (Phi) is 6.04. The van der Waals surface area contributed by atoms with E-state index in [1.54, 1.807) is 26.2 Å². The molecule has 1 fully saturated rings. The van der Waals surface area contributed by atoms with Gasteiger partial charge in [-0.3, -0.25) is 14.7 Å². The fraction of sp³-hybridized carbons (Fsp3) is 0.421. The Hall–Kier alpha value is -2.72. The van der Waals surface area contributed by atoms with Crippen molar-refractivity contribution in [3.63, 3.8) is 0 Å². The molecule has 2 N–H and O–H groups in total. The number of sulfonamides is 1. The van der Waals surface area contributed by atoms with Crippen molar-refractivity contribution in [3.05, 3.63) is 41.7 Å². The molecule has 0 aliphatic carbocycles.